The van der Waals surface area contributed by atoms with Gasteiger partial charge in [-0.15, -0.1) is 6.58 Å². The molecule has 0 bridgehead atoms. The number of rotatable bonds is 10. The average molecular weight is 342 g/mol. The largest absolute Gasteiger partial charge is 0.445 e. The number of hydrogen-bond acceptors (Lipinski definition) is 4. The fraction of sp³-hybridized carbons (Fsp3) is 0.429. The molecule has 0 aromatic heterocycles. The molecule has 2 atom stereocenters. The molecule has 0 aromatic carbocycles. The van der Waals surface area contributed by atoms with E-state index in [1.54, 1.807) is 6.08 Å². The summed E-state index contributed by atoms with van der Waals surface area (Å²) in [6.07, 6.45) is 10.9. The minimum Gasteiger partial charge on any atom is -0.445 e. The highest BCUT2D eigenvalue weighted by molar-refractivity contribution is 5.67. The standard InChI is InChI=1S/C21H26O4/c1-5-7-8-9-10-11-12-16-21(25-19(4)23)17-14-13-15-20(6-2)24-18(3)22/h5-6,12,16,20-21H,1-2,7-11H2,3-4H3/b16-12-. The summed E-state index contributed by atoms with van der Waals surface area (Å²) < 4.78 is 9.99. The lowest BCUT2D eigenvalue weighted by Crippen LogP contribution is -2.11. The highest BCUT2D eigenvalue weighted by Gasteiger charge is 2.03. The van der Waals surface area contributed by atoms with E-state index in [1.165, 1.54) is 19.9 Å². The van der Waals surface area contributed by atoms with Gasteiger partial charge in [-0.1, -0.05) is 25.2 Å². The first-order chi connectivity index (χ1) is 12.0. The van der Waals surface area contributed by atoms with Crippen molar-refractivity contribution < 1.29 is 19.1 Å². The number of hydrogen-bond donors (Lipinski definition) is 0. The lowest BCUT2D eigenvalue weighted by Gasteiger charge is -2.05. The van der Waals surface area contributed by atoms with Gasteiger partial charge in [0.05, 0.1) is 0 Å². The van der Waals surface area contributed by atoms with Crippen molar-refractivity contribution in [2.45, 2.75) is 58.2 Å². The summed E-state index contributed by atoms with van der Waals surface area (Å²) in [5.41, 5.74) is 0. The second-order valence-corrected chi connectivity index (χ2v) is 5.19. The fourth-order valence-electron chi connectivity index (χ4n) is 1.77. The normalized spacial score (nSPS) is 11.9. The number of esters is 2. The molecule has 0 aliphatic carbocycles. The summed E-state index contributed by atoms with van der Waals surface area (Å²) in [6, 6.07) is 0. The lowest BCUT2D eigenvalue weighted by atomic mass is 10.1. The van der Waals surface area contributed by atoms with Crippen molar-refractivity contribution in [1.82, 2.24) is 0 Å². The molecule has 2 unspecified atom stereocenters. The molecule has 25 heavy (non-hydrogen) atoms. The van der Waals surface area contributed by atoms with Crippen LogP contribution in [0.2, 0.25) is 0 Å². The van der Waals surface area contributed by atoms with E-state index in [0.717, 1.165) is 32.1 Å². The van der Waals surface area contributed by atoms with Crippen LogP contribution in [0.3, 0.4) is 0 Å². The Kier molecular flexibility index (Phi) is 13.2. The van der Waals surface area contributed by atoms with Gasteiger partial charge in [-0.3, -0.25) is 9.59 Å². The first kappa shape index (κ1) is 22.3. The third-order valence-corrected chi connectivity index (χ3v) is 2.88. The number of carbonyl (C=O) groups excluding carboxylic acids is 2. The Hall–Kier alpha value is -2.72. The maximum Gasteiger partial charge on any atom is 0.304 e. The zero-order valence-corrected chi connectivity index (χ0v) is 15.0. The van der Waals surface area contributed by atoms with Gasteiger partial charge in [0.15, 0.2) is 12.2 Å². The Bertz CT molecular complexity index is 593. The summed E-state index contributed by atoms with van der Waals surface area (Å²) in [4.78, 5) is 22.0. The molecule has 4 heteroatoms. The molecule has 0 N–H and O–H groups in total. The van der Waals surface area contributed by atoms with Crippen molar-refractivity contribution in [3.8, 4) is 23.7 Å². The van der Waals surface area contributed by atoms with Gasteiger partial charge in [0, 0.05) is 13.8 Å². The molecule has 0 aliphatic rings. The van der Waals surface area contributed by atoms with Crippen LogP contribution in [0.5, 0.6) is 0 Å². The van der Waals surface area contributed by atoms with E-state index < -0.39 is 24.1 Å². The van der Waals surface area contributed by atoms with Crippen molar-refractivity contribution in [2.24, 2.45) is 0 Å². The maximum atomic E-state index is 11.1. The minimum atomic E-state index is -0.704. The zero-order valence-electron chi connectivity index (χ0n) is 15.0. The van der Waals surface area contributed by atoms with Crippen LogP contribution in [-0.2, 0) is 19.1 Å². The topological polar surface area (TPSA) is 52.6 Å². The predicted molar refractivity (Wildman–Crippen MR) is 99.3 cm³/mol. The molecule has 0 aliphatic heterocycles. The van der Waals surface area contributed by atoms with Crippen molar-refractivity contribution in [3.63, 3.8) is 0 Å². The summed E-state index contributed by atoms with van der Waals surface area (Å²) in [7, 11) is 0. The van der Waals surface area contributed by atoms with Crippen LogP contribution in [0, 0.1) is 23.7 Å². The third-order valence-electron chi connectivity index (χ3n) is 2.88. The Labute approximate surface area is 151 Å². The summed E-state index contributed by atoms with van der Waals surface area (Å²) in [6.45, 7) is 9.85. The molecule has 0 aromatic rings. The van der Waals surface area contributed by atoms with Crippen molar-refractivity contribution in [2.75, 3.05) is 0 Å². The lowest BCUT2D eigenvalue weighted by molar-refractivity contribution is -0.143. The van der Waals surface area contributed by atoms with E-state index >= 15 is 0 Å². The van der Waals surface area contributed by atoms with Gasteiger partial charge in [-0.25, -0.2) is 0 Å². The van der Waals surface area contributed by atoms with Crippen LogP contribution < -0.4 is 0 Å². The van der Waals surface area contributed by atoms with Crippen molar-refractivity contribution >= 4 is 11.9 Å². The molecular weight excluding hydrogens is 316 g/mol. The number of ether oxygens (including phenoxy) is 2. The van der Waals surface area contributed by atoms with Crippen molar-refractivity contribution in [1.29, 1.82) is 0 Å². The molecule has 0 amide bonds. The van der Waals surface area contributed by atoms with E-state index in [2.05, 4.69) is 36.8 Å². The average Bonchev–Trinajstić information content (AvgIpc) is 2.55. The highest BCUT2D eigenvalue weighted by Crippen LogP contribution is 2.05. The van der Waals surface area contributed by atoms with E-state index in [9.17, 15) is 9.59 Å². The van der Waals surface area contributed by atoms with Crippen LogP contribution >= 0.6 is 0 Å². The summed E-state index contributed by atoms with van der Waals surface area (Å²) in [5.74, 6) is 9.73. The first-order valence-electron chi connectivity index (χ1n) is 8.25. The molecule has 0 rings (SSSR count). The molecule has 0 saturated carbocycles. The van der Waals surface area contributed by atoms with Crippen molar-refractivity contribution in [3.05, 3.63) is 37.5 Å². The van der Waals surface area contributed by atoms with Crippen LogP contribution in [0.25, 0.3) is 0 Å². The van der Waals surface area contributed by atoms with E-state index in [-0.39, 0.29) is 0 Å². The Morgan fingerprint density at radius 3 is 2.04 bits per heavy atom. The van der Waals surface area contributed by atoms with E-state index in [1.807, 2.05) is 12.2 Å². The molecule has 0 spiro atoms. The number of unbranched alkanes of at least 4 members (excludes halogenated alkanes) is 4. The summed E-state index contributed by atoms with van der Waals surface area (Å²) in [5, 5.41) is 0. The molecule has 0 saturated heterocycles. The number of allylic oxidation sites excluding steroid dienone is 2. The van der Waals surface area contributed by atoms with Gasteiger partial charge in [-0.2, -0.15) is 0 Å². The van der Waals surface area contributed by atoms with Crippen LogP contribution in [0.4, 0.5) is 0 Å². The highest BCUT2D eigenvalue weighted by atomic mass is 16.5. The molecular formula is C21H26O4. The first-order valence-corrected chi connectivity index (χ1v) is 8.25. The fourth-order valence-corrected chi connectivity index (χ4v) is 1.77. The van der Waals surface area contributed by atoms with Crippen LogP contribution in [0.15, 0.2) is 37.5 Å². The Balaban J connectivity index is 4.59. The zero-order chi connectivity index (χ0) is 18.9. The molecule has 0 heterocycles. The smallest absolute Gasteiger partial charge is 0.304 e. The van der Waals surface area contributed by atoms with Gasteiger partial charge >= 0.3 is 11.9 Å². The predicted octanol–water partition coefficient (Wildman–Crippen LogP) is 3.74. The second kappa shape index (κ2) is 14.8. The molecule has 0 fully saturated rings. The van der Waals surface area contributed by atoms with Crippen LogP contribution in [-0.4, -0.2) is 24.1 Å². The van der Waals surface area contributed by atoms with Gasteiger partial charge in [0.1, 0.15) is 0 Å². The van der Waals surface area contributed by atoms with E-state index in [0.29, 0.717) is 0 Å². The SMILES string of the molecule is C=CCCCCC/C=C\C(C#CC#CC(C=C)OC(C)=O)OC(C)=O. The Morgan fingerprint density at radius 1 is 0.920 bits per heavy atom. The molecule has 4 nitrogen and oxygen atoms in total. The van der Waals surface area contributed by atoms with E-state index in [4.69, 9.17) is 9.47 Å². The minimum absolute atomic E-state index is 0.410. The molecule has 0 radical (unpaired) electrons. The second-order valence-electron chi connectivity index (χ2n) is 5.19. The van der Waals surface area contributed by atoms with Gasteiger partial charge in [-0.05, 0) is 61.5 Å². The van der Waals surface area contributed by atoms with Crippen LogP contribution in [0.1, 0.15) is 46.0 Å². The quantitative estimate of drug-likeness (QED) is 0.263. The monoisotopic (exact) mass is 342 g/mol. The van der Waals surface area contributed by atoms with Gasteiger partial charge < -0.3 is 9.47 Å². The van der Waals surface area contributed by atoms with Gasteiger partial charge in [0.2, 0.25) is 0 Å². The number of carbonyl (C=O) groups is 2. The van der Waals surface area contributed by atoms with Gasteiger partial charge in [0.25, 0.3) is 0 Å². The molecule has 134 valence electrons. The summed E-state index contributed by atoms with van der Waals surface area (Å²) >= 11 is 0. The maximum absolute atomic E-state index is 11.1. The third kappa shape index (κ3) is 14.6. The Morgan fingerprint density at radius 2 is 1.48 bits per heavy atom.